The van der Waals surface area contributed by atoms with Crippen molar-refractivity contribution < 1.29 is 13.2 Å². The summed E-state index contributed by atoms with van der Waals surface area (Å²) in [6, 6.07) is 0. The van der Waals surface area contributed by atoms with E-state index in [1.165, 1.54) is 7.05 Å². The van der Waals surface area contributed by atoms with Gasteiger partial charge in [0.15, 0.2) is 0 Å². The highest BCUT2D eigenvalue weighted by Crippen LogP contribution is 2.19. The van der Waals surface area contributed by atoms with Gasteiger partial charge < -0.3 is 10.6 Å². The Hall–Kier alpha value is -0.310. The molecule has 0 aromatic heterocycles. The molecule has 18 heavy (non-hydrogen) atoms. The van der Waals surface area contributed by atoms with Crippen molar-refractivity contribution in [2.45, 2.75) is 18.1 Å². The van der Waals surface area contributed by atoms with Crippen molar-refractivity contribution in [2.75, 3.05) is 38.2 Å². The van der Waals surface area contributed by atoms with Crippen molar-refractivity contribution in [3.05, 3.63) is 0 Å². The highest BCUT2D eigenvalue weighted by molar-refractivity contribution is 8.00. The summed E-state index contributed by atoms with van der Waals surface area (Å²) in [6.07, 6.45) is 2.18. The lowest BCUT2D eigenvalue weighted by molar-refractivity contribution is -0.118. The molecule has 1 rings (SSSR count). The van der Waals surface area contributed by atoms with E-state index in [0.717, 1.165) is 25.9 Å². The van der Waals surface area contributed by atoms with Gasteiger partial charge in [-0.15, -0.1) is 11.8 Å². The molecule has 1 fully saturated rings. The second-order valence-electron chi connectivity index (χ2n) is 4.13. The van der Waals surface area contributed by atoms with Crippen molar-refractivity contribution in [1.29, 1.82) is 0 Å². The molecule has 1 amide bonds. The fourth-order valence-corrected chi connectivity index (χ4v) is 3.27. The van der Waals surface area contributed by atoms with Crippen molar-refractivity contribution in [3.8, 4) is 0 Å². The molecule has 0 radical (unpaired) electrons. The average Bonchev–Trinajstić information content (AvgIpc) is 2.37. The Labute approximate surface area is 113 Å². The molecule has 0 aliphatic carbocycles. The van der Waals surface area contributed by atoms with E-state index in [-0.39, 0.29) is 18.2 Å². The van der Waals surface area contributed by atoms with Crippen LogP contribution in [0.1, 0.15) is 12.8 Å². The number of piperidine rings is 1. The summed E-state index contributed by atoms with van der Waals surface area (Å²) in [6.45, 7) is 2.19. The summed E-state index contributed by atoms with van der Waals surface area (Å²) >= 11 is 1.65. The maximum absolute atomic E-state index is 11.5. The first-order chi connectivity index (χ1) is 8.53. The van der Waals surface area contributed by atoms with Gasteiger partial charge in [-0.1, -0.05) is 0 Å². The Balaban J connectivity index is 2.10. The Morgan fingerprint density at radius 3 is 2.67 bits per heavy atom. The number of thioether (sulfide) groups is 1. The quantitative estimate of drug-likeness (QED) is 0.569. The fourth-order valence-electron chi connectivity index (χ4n) is 1.63. The molecular formula is C10H21N3O3S2. The topological polar surface area (TPSA) is 87.3 Å². The third kappa shape index (κ3) is 6.58. The maximum Gasteiger partial charge on any atom is 0.230 e. The first-order valence-electron chi connectivity index (χ1n) is 6.04. The first-order valence-corrected chi connectivity index (χ1v) is 8.74. The van der Waals surface area contributed by atoms with Gasteiger partial charge in [-0.25, -0.2) is 13.1 Å². The lowest BCUT2D eigenvalue weighted by atomic mass is 10.2. The molecule has 1 aliphatic rings. The van der Waals surface area contributed by atoms with Crippen LogP contribution in [0, 0.1) is 0 Å². The number of carbonyl (C=O) groups is 1. The van der Waals surface area contributed by atoms with E-state index in [1.807, 2.05) is 0 Å². The lowest BCUT2D eigenvalue weighted by Crippen LogP contribution is -2.35. The number of sulfonamides is 1. The van der Waals surface area contributed by atoms with E-state index in [2.05, 4.69) is 15.4 Å². The summed E-state index contributed by atoms with van der Waals surface area (Å²) < 4.78 is 24.4. The third-order valence-corrected chi connectivity index (χ3v) is 5.48. The predicted octanol–water partition coefficient (Wildman–Crippen LogP) is -0.863. The molecule has 0 spiro atoms. The normalized spacial score (nSPS) is 17.6. The van der Waals surface area contributed by atoms with Crippen LogP contribution < -0.4 is 15.4 Å². The smallest absolute Gasteiger partial charge is 0.230 e. The van der Waals surface area contributed by atoms with Crippen LogP contribution in [0.25, 0.3) is 0 Å². The second kappa shape index (κ2) is 7.98. The van der Waals surface area contributed by atoms with Gasteiger partial charge in [-0.05, 0) is 33.0 Å². The summed E-state index contributed by atoms with van der Waals surface area (Å²) in [7, 11) is -1.87. The van der Waals surface area contributed by atoms with Crippen LogP contribution >= 0.6 is 11.8 Å². The molecule has 0 atom stereocenters. The van der Waals surface area contributed by atoms with E-state index >= 15 is 0 Å². The summed E-state index contributed by atoms with van der Waals surface area (Å²) in [5.74, 6) is 0.238. The Kier molecular flexibility index (Phi) is 6.98. The van der Waals surface area contributed by atoms with Gasteiger partial charge in [0.2, 0.25) is 15.9 Å². The molecular weight excluding hydrogens is 274 g/mol. The molecule has 0 aromatic carbocycles. The third-order valence-electron chi connectivity index (χ3n) is 2.74. The van der Waals surface area contributed by atoms with Crippen LogP contribution in [-0.2, 0) is 14.8 Å². The van der Waals surface area contributed by atoms with Crippen LogP contribution in [0.2, 0.25) is 0 Å². The minimum atomic E-state index is -3.23. The first kappa shape index (κ1) is 15.7. The van der Waals surface area contributed by atoms with Crippen LogP contribution in [0.4, 0.5) is 0 Å². The monoisotopic (exact) mass is 295 g/mol. The van der Waals surface area contributed by atoms with Crippen LogP contribution in [0.5, 0.6) is 0 Å². The molecule has 0 aromatic rings. The standard InChI is InChI=1S/C10H21N3O3S2/c1-11-18(15,16)7-6-13-10(14)8-17-9-2-4-12-5-3-9/h9,11-12H,2-8H2,1H3,(H,13,14). The minimum Gasteiger partial charge on any atom is -0.354 e. The zero-order valence-corrected chi connectivity index (χ0v) is 12.2. The molecule has 0 unspecified atom stereocenters. The number of amides is 1. The number of carbonyl (C=O) groups excluding carboxylic acids is 1. The molecule has 1 saturated heterocycles. The molecule has 106 valence electrons. The van der Waals surface area contributed by atoms with E-state index in [0.29, 0.717) is 11.0 Å². The highest BCUT2D eigenvalue weighted by atomic mass is 32.2. The van der Waals surface area contributed by atoms with Crippen molar-refractivity contribution in [1.82, 2.24) is 15.4 Å². The number of hydrogen-bond acceptors (Lipinski definition) is 5. The molecule has 8 heteroatoms. The van der Waals surface area contributed by atoms with E-state index in [1.54, 1.807) is 11.8 Å². The van der Waals surface area contributed by atoms with Gasteiger partial charge in [-0.3, -0.25) is 4.79 Å². The van der Waals surface area contributed by atoms with Gasteiger partial charge in [0.25, 0.3) is 0 Å². The van der Waals surface area contributed by atoms with Crippen LogP contribution in [0.15, 0.2) is 0 Å². The fraction of sp³-hybridized carbons (Fsp3) is 0.900. The zero-order chi connectivity index (χ0) is 13.4. The number of rotatable bonds is 7. The lowest BCUT2D eigenvalue weighted by Gasteiger charge is -2.21. The van der Waals surface area contributed by atoms with E-state index in [4.69, 9.17) is 0 Å². The highest BCUT2D eigenvalue weighted by Gasteiger charge is 2.15. The Morgan fingerprint density at radius 1 is 1.39 bits per heavy atom. The van der Waals surface area contributed by atoms with Gasteiger partial charge in [0.1, 0.15) is 0 Å². The van der Waals surface area contributed by atoms with Gasteiger partial charge >= 0.3 is 0 Å². The molecule has 6 nitrogen and oxygen atoms in total. The molecule has 0 saturated carbocycles. The van der Waals surface area contributed by atoms with Gasteiger partial charge in [-0.2, -0.15) is 0 Å². The van der Waals surface area contributed by atoms with Gasteiger partial charge in [0, 0.05) is 11.8 Å². The molecule has 3 N–H and O–H groups in total. The van der Waals surface area contributed by atoms with Crippen molar-refractivity contribution >= 4 is 27.7 Å². The minimum absolute atomic E-state index is 0.0761. The number of nitrogens with one attached hydrogen (secondary N) is 3. The van der Waals surface area contributed by atoms with Gasteiger partial charge in [0.05, 0.1) is 11.5 Å². The number of hydrogen-bond donors (Lipinski definition) is 3. The zero-order valence-electron chi connectivity index (χ0n) is 10.6. The van der Waals surface area contributed by atoms with Crippen LogP contribution in [0.3, 0.4) is 0 Å². The van der Waals surface area contributed by atoms with E-state index in [9.17, 15) is 13.2 Å². The SMILES string of the molecule is CNS(=O)(=O)CCNC(=O)CSC1CCNCC1. The Bertz CT molecular complexity index is 353. The molecule has 0 bridgehead atoms. The molecule has 1 heterocycles. The van der Waals surface area contributed by atoms with Crippen molar-refractivity contribution in [2.24, 2.45) is 0 Å². The summed E-state index contributed by atoms with van der Waals surface area (Å²) in [5, 5.41) is 6.43. The predicted molar refractivity (Wildman–Crippen MR) is 74.2 cm³/mol. The summed E-state index contributed by atoms with van der Waals surface area (Å²) in [5.41, 5.74) is 0. The molecule has 1 aliphatic heterocycles. The average molecular weight is 295 g/mol. The Morgan fingerprint density at radius 2 is 2.06 bits per heavy atom. The summed E-state index contributed by atoms with van der Waals surface area (Å²) in [4.78, 5) is 11.5. The maximum atomic E-state index is 11.5. The van der Waals surface area contributed by atoms with Crippen LogP contribution in [-0.4, -0.2) is 57.8 Å². The van der Waals surface area contributed by atoms with Crippen molar-refractivity contribution in [3.63, 3.8) is 0 Å². The van der Waals surface area contributed by atoms with E-state index < -0.39 is 10.0 Å². The second-order valence-corrected chi connectivity index (χ2v) is 7.47. The largest absolute Gasteiger partial charge is 0.354 e.